The van der Waals surface area contributed by atoms with Gasteiger partial charge in [-0.05, 0) is 44.5 Å². The summed E-state index contributed by atoms with van der Waals surface area (Å²) in [6.45, 7) is 5.30. The van der Waals surface area contributed by atoms with Crippen LogP contribution in [0.1, 0.15) is 26.3 Å². The SMILES string of the molecule is CC(C)(C)OC(=O)Nc1cc(Br)cc(CC(=O)O)c1. The fourth-order valence-electron chi connectivity index (χ4n) is 1.42. The molecule has 5 nitrogen and oxygen atoms in total. The van der Waals surface area contributed by atoms with Crippen LogP contribution in [0, 0.1) is 0 Å². The van der Waals surface area contributed by atoms with Crippen LogP contribution < -0.4 is 5.32 Å². The number of carbonyl (C=O) groups is 2. The summed E-state index contributed by atoms with van der Waals surface area (Å²) in [5.74, 6) is -0.929. The minimum absolute atomic E-state index is 0.109. The lowest BCUT2D eigenvalue weighted by atomic mass is 10.1. The van der Waals surface area contributed by atoms with Crippen molar-refractivity contribution in [2.45, 2.75) is 32.8 Å². The maximum atomic E-state index is 11.6. The van der Waals surface area contributed by atoms with Crippen molar-refractivity contribution in [2.24, 2.45) is 0 Å². The van der Waals surface area contributed by atoms with Crippen molar-refractivity contribution >= 4 is 33.7 Å². The van der Waals surface area contributed by atoms with Gasteiger partial charge in [-0.3, -0.25) is 10.1 Å². The van der Waals surface area contributed by atoms with Gasteiger partial charge in [0.2, 0.25) is 0 Å². The number of carboxylic acid groups (broad SMARTS) is 1. The van der Waals surface area contributed by atoms with Crippen molar-refractivity contribution in [3.8, 4) is 0 Å². The first kappa shape index (κ1) is 15.5. The van der Waals surface area contributed by atoms with E-state index in [9.17, 15) is 9.59 Å². The van der Waals surface area contributed by atoms with E-state index < -0.39 is 17.7 Å². The van der Waals surface area contributed by atoms with E-state index in [-0.39, 0.29) is 6.42 Å². The highest BCUT2D eigenvalue weighted by Gasteiger charge is 2.16. The van der Waals surface area contributed by atoms with Crippen LogP contribution in [0.4, 0.5) is 10.5 Å². The Bertz CT molecular complexity index is 494. The zero-order valence-corrected chi connectivity index (χ0v) is 12.6. The zero-order chi connectivity index (χ0) is 14.6. The van der Waals surface area contributed by atoms with Crippen molar-refractivity contribution in [1.82, 2.24) is 0 Å². The lowest BCUT2D eigenvalue weighted by Gasteiger charge is -2.19. The van der Waals surface area contributed by atoms with Gasteiger partial charge in [0.15, 0.2) is 0 Å². The van der Waals surface area contributed by atoms with E-state index in [0.717, 1.165) is 0 Å². The molecule has 6 heteroatoms. The van der Waals surface area contributed by atoms with Gasteiger partial charge in [-0.2, -0.15) is 0 Å². The summed E-state index contributed by atoms with van der Waals surface area (Å²) < 4.78 is 5.81. The van der Waals surface area contributed by atoms with Gasteiger partial charge >= 0.3 is 12.1 Å². The number of hydrogen-bond donors (Lipinski definition) is 2. The molecule has 0 unspecified atom stereocenters. The molecule has 0 aromatic heterocycles. The molecule has 0 atom stereocenters. The van der Waals surface area contributed by atoms with E-state index in [2.05, 4.69) is 21.2 Å². The Labute approximate surface area is 120 Å². The minimum atomic E-state index is -0.929. The smallest absolute Gasteiger partial charge is 0.412 e. The van der Waals surface area contributed by atoms with Crippen LogP contribution in [-0.2, 0) is 16.0 Å². The molecule has 0 aliphatic heterocycles. The molecular formula is C13H16BrNO4. The Hall–Kier alpha value is -1.56. The second-order valence-corrected chi connectivity index (χ2v) is 5.96. The number of anilines is 1. The van der Waals surface area contributed by atoms with Gasteiger partial charge in [0, 0.05) is 10.2 Å². The number of rotatable bonds is 3. The molecule has 19 heavy (non-hydrogen) atoms. The third-order valence-corrected chi connectivity index (χ3v) is 2.42. The Balaban J connectivity index is 2.81. The molecule has 1 rings (SSSR count). The topological polar surface area (TPSA) is 75.6 Å². The number of halogens is 1. The average Bonchev–Trinajstić information content (AvgIpc) is 2.10. The van der Waals surface area contributed by atoms with E-state index in [4.69, 9.17) is 9.84 Å². The first-order chi connectivity index (χ1) is 8.65. The Kier molecular flexibility index (Phi) is 4.94. The van der Waals surface area contributed by atoms with Crippen LogP contribution in [0.15, 0.2) is 22.7 Å². The van der Waals surface area contributed by atoms with Crippen LogP contribution in [0.2, 0.25) is 0 Å². The molecule has 0 saturated carbocycles. The number of amides is 1. The standard InChI is InChI=1S/C13H16BrNO4/c1-13(2,3)19-12(18)15-10-5-8(6-11(16)17)4-9(14)7-10/h4-5,7H,6H2,1-3H3,(H,15,18)(H,16,17). The predicted octanol–water partition coefficient (Wildman–Crippen LogP) is 3.42. The van der Waals surface area contributed by atoms with Crippen LogP contribution in [0.3, 0.4) is 0 Å². The van der Waals surface area contributed by atoms with Gasteiger partial charge < -0.3 is 9.84 Å². The molecule has 104 valence electrons. The number of carboxylic acids is 1. The highest BCUT2D eigenvalue weighted by Crippen LogP contribution is 2.21. The Morgan fingerprint density at radius 1 is 1.32 bits per heavy atom. The summed E-state index contributed by atoms with van der Waals surface area (Å²) in [4.78, 5) is 22.3. The van der Waals surface area contributed by atoms with Crippen molar-refractivity contribution < 1.29 is 19.4 Å². The highest BCUT2D eigenvalue weighted by atomic mass is 79.9. The maximum Gasteiger partial charge on any atom is 0.412 e. The second kappa shape index (κ2) is 6.06. The number of carbonyl (C=O) groups excluding carboxylic acids is 1. The highest BCUT2D eigenvalue weighted by molar-refractivity contribution is 9.10. The van der Waals surface area contributed by atoms with E-state index >= 15 is 0 Å². The molecule has 0 aliphatic rings. The molecule has 0 bridgehead atoms. The molecule has 1 aromatic rings. The van der Waals surface area contributed by atoms with Crippen molar-refractivity contribution in [3.05, 3.63) is 28.2 Å². The third-order valence-electron chi connectivity index (χ3n) is 1.96. The average molecular weight is 330 g/mol. The summed E-state index contributed by atoms with van der Waals surface area (Å²) in [6.07, 6.45) is -0.686. The molecule has 0 aliphatic carbocycles. The zero-order valence-electron chi connectivity index (χ0n) is 11.0. The molecule has 0 radical (unpaired) electrons. The number of aliphatic carboxylic acids is 1. The summed E-state index contributed by atoms with van der Waals surface area (Å²) in [5.41, 5.74) is 0.493. The molecule has 0 fully saturated rings. The third kappa shape index (κ3) is 6.24. The second-order valence-electron chi connectivity index (χ2n) is 5.05. The number of nitrogens with one attached hydrogen (secondary N) is 1. The van der Waals surface area contributed by atoms with E-state index in [0.29, 0.717) is 15.7 Å². The lowest BCUT2D eigenvalue weighted by molar-refractivity contribution is -0.136. The lowest BCUT2D eigenvalue weighted by Crippen LogP contribution is -2.27. The van der Waals surface area contributed by atoms with Gasteiger partial charge in [0.05, 0.1) is 6.42 Å². The van der Waals surface area contributed by atoms with E-state index in [1.807, 2.05) is 0 Å². The van der Waals surface area contributed by atoms with Crippen LogP contribution in [0.25, 0.3) is 0 Å². The van der Waals surface area contributed by atoms with Crippen LogP contribution in [0.5, 0.6) is 0 Å². The van der Waals surface area contributed by atoms with Gasteiger partial charge in [-0.25, -0.2) is 4.79 Å². The van der Waals surface area contributed by atoms with Crippen molar-refractivity contribution in [3.63, 3.8) is 0 Å². The molecule has 1 amide bonds. The number of hydrogen-bond acceptors (Lipinski definition) is 3. The molecule has 0 heterocycles. The summed E-state index contributed by atoms with van der Waals surface area (Å²) in [7, 11) is 0. The molecule has 2 N–H and O–H groups in total. The maximum absolute atomic E-state index is 11.6. The fraction of sp³-hybridized carbons (Fsp3) is 0.385. The first-order valence-corrected chi connectivity index (χ1v) is 6.46. The van der Waals surface area contributed by atoms with Crippen LogP contribution in [-0.4, -0.2) is 22.8 Å². The minimum Gasteiger partial charge on any atom is -0.481 e. The molecule has 1 aromatic carbocycles. The first-order valence-electron chi connectivity index (χ1n) is 5.67. The molecular weight excluding hydrogens is 314 g/mol. The number of ether oxygens (including phenoxy) is 1. The molecule has 0 saturated heterocycles. The van der Waals surface area contributed by atoms with Gasteiger partial charge in [0.25, 0.3) is 0 Å². The van der Waals surface area contributed by atoms with E-state index in [1.165, 1.54) is 0 Å². The van der Waals surface area contributed by atoms with Crippen molar-refractivity contribution in [1.29, 1.82) is 0 Å². The van der Waals surface area contributed by atoms with Gasteiger partial charge in [-0.15, -0.1) is 0 Å². The summed E-state index contributed by atoms with van der Waals surface area (Å²) in [5, 5.41) is 11.3. The van der Waals surface area contributed by atoms with Gasteiger partial charge in [0.1, 0.15) is 5.60 Å². The number of benzene rings is 1. The quantitative estimate of drug-likeness (QED) is 0.890. The van der Waals surface area contributed by atoms with E-state index in [1.54, 1.807) is 39.0 Å². The summed E-state index contributed by atoms with van der Waals surface area (Å²) in [6, 6.07) is 4.96. The van der Waals surface area contributed by atoms with Crippen LogP contribution >= 0.6 is 15.9 Å². The predicted molar refractivity (Wildman–Crippen MR) is 75.3 cm³/mol. The Morgan fingerprint density at radius 3 is 2.47 bits per heavy atom. The summed E-state index contributed by atoms with van der Waals surface area (Å²) >= 11 is 3.27. The largest absolute Gasteiger partial charge is 0.481 e. The monoisotopic (exact) mass is 329 g/mol. The molecule has 0 spiro atoms. The van der Waals surface area contributed by atoms with Gasteiger partial charge in [-0.1, -0.05) is 15.9 Å². The fourth-order valence-corrected chi connectivity index (χ4v) is 1.96. The normalized spacial score (nSPS) is 10.9. The Morgan fingerprint density at radius 2 is 1.95 bits per heavy atom. The van der Waals surface area contributed by atoms with Crippen molar-refractivity contribution in [2.75, 3.05) is 5.32 Å².